The summed E-state index contributed by atoms with van der Waals surface area (Å²) >= 11 is 1.68. The molecule has 0 saturated heterocycles. The fourth-order valence-electron chi connectivity index (χ4n) is 4.79. The van der Waals surface area contributed by atoms with E-state index in [4.69, 9.17) is 14.4 Å². The Morgan fingerprint density at radius 2 is 1.63 bits per heavy atom. The Morgan fingerprint density at radius 1 is 0.842 bits per heavy atom. The van der Waals surface area contributed by atoms with Crippen molar-refractivity contribution in [2.24, 2.45) is 0 Å². The molecule has 0 fully saturated rings. The molecule has 0 unspecified atom stereocenters. The fourth-order valence-corrected chi connectivity index (χ4v) is 5.83. The molecular weight excluding hydrogens is 670 g/mol. The molecule has 0 radical (unpaired) electrons. The summed E-state index contributed by atoms with van der Waals surface area (Å²) in [7, 11) is 0. The molecule has 4 aromatic carbocycles. The third kappa shape index (κ3) is 4.42. The van der Waals surface area contributed by atoms with Crippen LogP contribution < -0.4 is 14.9 Å². The number of aromatic nitrogens is 2. The summed E-state index contributed by atoms with van der Waals surface area (Å²) in [5, 5.41) is 2.32. The summed E-state index contributed by atoms with van der Waals surface area (Å²) in [6.07, 6.45) is 1.76. The number of rotatable bonds is 4. The van der Waals surface area contributed by atoms with Crippen molar-refractivity contribution in [1.29, 1.82) is 0 Å². The maximum atomic E-state index is 6.25. The molecular formula is C31H21BN2O2PtS. The van der Waals surface area contributed by atoms with Crippen LogP contribution in [-0.2, 0) is 21.1 Å². The molecule has 186 valence electrons. The molecule has 1 aliphatic heterocycles. The van der Waals surface area contributed by atoms with E-state index >= 15 is 0 Å². The van der Waals surface area contributed by atoms with Crippen LogP contribution in [0.25, 0.3) is 27.6 Å². The Labute approximate surface area is 240 Å². The van der Waals surface area contributed by atoms with Crippen molar-refractivity contribution in [1.82, 2.24) is 9.55 Å². The minimum atomic E-state index is -0.146. The molecule has 1 aliphatic rings. The third-order valence-corrected chi connectivity index (χ3v) is 7.63. The molecule has 0 aliphatic carbocycles. The minimum Gasteiger partial charge on any atom is -0.547 e. The normalized spacial score (nSPS) is 12.3. The van der Waals surface area contributed by atoms with Crippen LogP contribution in [0.4, 0.5) is 0 Å². The second-order valence-electron chi connectivity index (χ2n) is 9.23. The third-order valence-electron chi connectivity index (χ3n) is 6.47. The summed E-state index contributed by atoms with van der Waals surface area (Å²) < 4.78 is 14.5. The minimum absolute atomic E-state index is 0. The Morgan fingerprint density at radius 3 is 2.50 bits per heavy atom. The number of hydrogen-bond acceptors (Lipinski definition) is 4. The predicted octanol–water partition coefficient (Wildman–Crippen LogP) is 7.07. The van der Waals surface area contributed by atoms with E-state index in [2.05, 4.69) is 60.9 Å². The number of nitrogens with zero attached hydrogens (tertiary/aromatic N) is 2. The zero-order valence-electron chi connectivity index (χ0n) is 20.7. The van der Waals surface area contributed by atoms with Gasteiger partial charge in [0.2, 0.25) is 0 Å². The molecule has 3 heterocycles. The van der Waals surface area contributed by atoms with Gasteiger partial charge in [-0.3, -0.25) is 0 Å². The molecule has 0 N–H and O–H groups in total. The Bertz CT molecular complexity index is 1740. The Hall–Kier alpha value is -3.47. The standard InChI is InChI=1S/C31H21BN2O2S.Pt/c1-20-13-14-28-26(15-20)27-16-21(2)19-33-31(27)34(28)23-8-6-10-25(18-23)35-24-9-5-7-22(17-24)32-36-29-11-3-4-12-30(29)37-32;/h3-16,19H,1-2H3;/q-2;+2. The molecule has 38 heavy (non-hydrogen) atoms. The first-order chi connectivity index (χ1) is 18.1. The van der Waals surface area contributed by atoms with E-state index in [9.17, 15) is 0 Å². The summed E-state index contributed by atoms with van der Waals surface area (Å²) in [4.78, 5) is 5.93. The number of fused-ring (bicyclic) bond motifs is 4. The number of pyridine rings is 1. The first-order valence-corrected chi connectivity index (χ1v) is 13.0. The van der Waals surface area contributed by atoms with Gasteiger partial charge in [0.1, 0.15) is 11.4 Å². The molecule has 0 bridgehead atoms. The maximum absolute atomic E-state index is 6.25. The molecule has 7 heteroatoms. The van der Waals surface area contributed by atoms with E-state index in [0.717, 1.165) is 43.9 Å². The van der Waals surface area contributed by atoms with Crippen LogP contribution in [0.1, 0.15) is 11.1 Å². The average molecular weight is 691 g/mol. The second kappa shape index (κ2) is 10.0. The van der Waals surface area contributed by atoms with Gasteiger partial charge in [0.05, 0.1) is 5.52 Å². The molecule has 2 aromatic heterocycles. The van der Waals surface area contributed by atoms with Gasteiger partial charge >= 0.3 is 27.3 Å². The molecule has 0 amide bonds. The molecule has 0 spiro atoms. The summed E-state index contributed by atoms with van der Waals surface area (Å²) in [6, 6.07) is 35.5. The zero-order valence-corrected chi connectivity index (χ0v) is 23.8. The number of ether oxygens (including phenoxy) is 1. The van der Waals surface area contributed by atoms with Crippen molar-refractivity contribution in [2.75, 3.05) is 0 Å². The van der Waals surface area contributed by atoms with Crippen LogP contribution in [0.3, 0.4) is 0 Å². The van der Waals surface area contributed by atoms with E-state index in [0.29, 0.717) is 11.5 Å². The zero-order chi connectivity index (χ0) is 24.9. The molecule has 0 saturated carbocycles. The van der Waals surface area contributed by atoms with Gasteiger partial charge in [-0.15, -0.1) is 47.4 Å². The largest absolute Gasteiger partial charge is 2.00 e. The molecule has 0 atom stereocenters. The number of benzene rings is 4. The van der Waals surface area contributed by atoms with E-state index in [1.807, 2.05) is 60.8 Å². The van der Waals surface area contributed by atoms with Crippen LogP contribution in [0.15, 0.2) is 96.0 Å². The van der Waals surface area contributed by atoms with Gasteiger partial charge in [-0.05, 0) is 49.7 Å². The van der Waals surface area contributed by atoms with Gasteiger partial charge in [0.25, 0.3) is 0 Å². The van der Waals surface area contributed by atoms with Crippen molar-refractivity contribution < 1.29 is 30.5 Å². The monoisotopic (exact) mass is 691 g/mol. The van der Waals surface area contributed by atoms with Crippen molar-refractivity contribution in [3.8, 4) is 22.9 Å². The first kappa shape index (κ1) is 24.8. The quantitative estimate of drug-likeness (QED) is 0.147. The smallest absolute Gasteiger partial charge is 0.547 e. The predicted molar refractivity (Wildman–Crippen MR) is 151 cm³/mol. The van der Waals surface area contributed by atoms with Crippen molar-refractivity contribution >= 4 is 45.2 Å². The van der Waals surface area contributed by atoms with E-state index in [-0.39, 0.29) is 27.3 Å². The van der Waals surface area contributed by atoms with Crippen LogP contribution in [0.5, 0.6) is 17.2 Å². The topological polar surface area (TPSA) is 36.3 Å². The van der Waals surface area contributed by atoms with E-state index < -0.39 is 0 Å². The van der Waals surface area contributed by atoms with E-state index in [1.165, 1.54) is 10.9 Å². The molecule has 7 rings (SSSR count). The number of hydrogen-bond donors (Lipinski definition) is 0. The number of para-hydroxylation sites is 1. The number of aryl methyl sites for hydroxylation is 2. The van der Waals surface area contributed by atoms with Gasteiger partial charge in [-0.2, -0.15) is 18.2 Å². The van der Waals surface area contributed by atoms with Gasteiger partial charge in [-0.25, -0.2) is 4.98 Å². The molecule has 6 aromatic rings. The van der Waals surface area contributed by atoms with Crippen LogP contribution in [0, 0.1) is 26.0 Å². The Kier molecular flexibility index (Phi) is 6.55. The Balaban J connectivity index is 0.00000264. The van der Waals surface area contributed by atoms with Crippen LogP contribution in [0.2, 0.25) is 0 Å². The summed E-state index contributed by atoms with van der Waals surface area (Å²) in [5.74, 6) is 2.14. The summed E-state index contributed by atoms with van der Waals surface area (Å²) in [5.41, 5.74) is 6.17. The second-order valence-corrected chi connectivity index (χ2v) is 10.3. The van der Waals surface area contributed by atoms with E-state index in [1.54, 1.807) is 11.6 Å². The SMILES string of the molecule is Cc1ccc2c(c1)c1cc(C)cnc1n2-c1[c-]c(Oc2[c-]c(B3Oc4ccccc4S3)ccc2)ccc1.[Pt+2]. The van der Waals surface area contributed by atoms with Crippen LogP contribution >= 0.6 is 11.6 Å². The average Bonchev–Trinajstić information content (AvgIpc) is 3.48. The first-order valence-electron chi connectivity index (χ1n) is 12.1. The van der Waals surface area contributed by atoms with Crippen molar-refractivity contribution in [3.05, 3.63) is 114 Å². The van der Waals surface area contributed by atoms with Gasteiger partial charge < -0.3 is 14.0 Å². The van der Waals surface area contributed by atoms with Gasteiger partial charge in [0, 0.05) is 33.4 Å². The van der Waals surface area contributed by atoms with Gasteiger partial charge in [-0.1, -0.05) is 29.4 Å². The maximum Gasteiger partial charge on any atom is 2.00 e. The molecule has 4 nitrogen and oxygen atoms in total. The van der Waals surface area contributed by atoms with Gasteiger partial charge in [0.15, 0.2) is 0 Å². The van der Waals surface area contributed by atoms with Crippen molar-refractivity contribution in [3.63, 3.8) is 0 Å². The van der Waals surface area contributed by atoms with Crippen molar-refractivity contribution in [2.45, 2.75) is 18.7 Å². The fraction of sp³-hybridized carbons (Fsp3) is 0.0645. The summed E-state index contributed by atoms with van der Waals surface area (Å²) in [6.45, 7) is 4.19. The van der Waals surface area contributed by atoms with Crippen LogP contribution in [-0.4, -0.2) is 15.7 Å².